The van der Waals surface area contributed by atoms with E-state index in [1.165, 1.54) is 38.5 Å². The van der Waals surface area contributed by atoms with Crippen molar-refractivity contribution in [3.05, 3.63) is 0 Å². The van der Waals surface area contributed by atoms with E-state index >= 15 is 0 Å². The van der Waals surface area contributed by atoms with E-state index in [1.807, 2.05) is 0 Å². The summed E-state index contributed by atoms with van der Waals surface area (Å²) in [6, 6.07) is 0. The minimum atomic E-state index is 0.597. The highest BCUT2D eigenvalue weighted by atomic mass is 14.6. The highest BCUT2D eigenvalue weighted by molar-refractivity contribution is 4.39. The molecular formula is C10H26N2. The summed E-state index contributed by atoms with van der Waals surface area (Å²) in [5.74, 6) is 0. The molecule has 0 aliphatic heterocycles. The minimum absolute atomic E-state index is 0.597. The first-order valence-electron chi connectivity index (χ1n) is 5.23. The monoisotopic (exact) mass is 174 g/mol. The molecule has 0 bridgehead atoms. The van der Waals surface area contributed by atoms with Crippen LogP contribution in [0.4, 0.5) is 0 Å². The fourth-order valence-corrected chi connectivity index (χ4v) is 0.854. The molecule has 0 aliphatic carbocycles. The van der Waals surface area contributed by atoms with Gasteiger partial charge in [0.2, 0.25) is 0 Å². The quantitative estimate of drug-likeness (QED) is 0.607. The fourth-order valence-electron chi connectivity index (χ4n) is 0.854. The van der Waals surface area contributed by atoms with Gasteiger partial charge in [-0.15, -0.1) is 0 Å². The Hall–Kier alpha value is -0.0800. The first kappa shape index (κ1) is 14.4. The summed E-state index contributed by atoms with van der Waals surface area (Å²) in [7, 11) is 0. The standard InChI is InChI=1S/C8H18.C2H8N2/c1-3-5-7-8-6-4-2;3-1-2-4/h3-8H2,1-2H3;1-4H2. The molecule has 0 aliphatic rings. The molecule has 0 atom stereocenters. The molecule has 0 aromatic heterocycles. The van der Waals surface area contributed by atoms with Crippen LogP contribution in [0.15, 0.2) is 0 Å². The molecule has 0 heterocycles. The van der Waals surface area contributed by atoms with E-state index in [4.69, 9.17) is 11.5 Å². The van der Waals surface area contributed by atoms with Crippen molar-refractivity contribution in [3.8, 4) is 0 Å². The van der Waals surface area contributed by atoms with Gasteiger partial charge in [0.15, 0.2) is 0 Å². The summed E-state index contributed by atoms with van der Waals surface area (Å²) < 4.78 is 0. The zero-order chi connectivity index (χ0) is 9.66. The Bertz CT molecular complexity index is 47.8. The molecule has 0 rings (SSSR count). The van der Waals surface area contributed by atoms with E-state index in [-0.39, 0.29) is 0 Å². The third kappa shape index (κ3) is 22.5. The lowest BCUT2D eigenvalue weighted by Crippen LogP contribution is -2.11. The van der Waals surface area contributed by atoms with Gasteiger partial charge >= 0.3 is 0 Å². The second-order valence-electron chi connectivity index (χ2n) is 2.99. The molecule has 0 saturated carbocycles. The molecule has 0 aromatic rings. The molecule has 0 fully saturated rings. The predicted molar refractivity (Wildman–Crippen MR) is 57.2 cm³/mol. The molecule has 0 spiro atoms. The van der Waals surface area contributed by atoms with Gasteiger partial charge in [0.1, 0.15) is 0 Å². The Balaban J connectivity index is 0. The summed E-state index contributed by atoms with van der Waals surface area (Å²) in [4.78, 5) is 0. The first-order valence-corrected chi connectivity index (χ1v) is 5.23. The zero-order valence-corrected chi connectivity index (χ0v) is 8.81. The molecule has 0 unspecified atom stereocenters. The average Bonchev–Trinajstić information content (AvgIpc) is 2.13. The molecule has 0 aromatic carbocycles. The van der Waals surface area contributed by atoms with E-state index in [0.29, 0.717) is 13.1 Å². The van der Waals surface area contributed by atoms with Crippen LogP contribution in [0.5, 0.6) is 0 Å². The van der Waals surface area contributed by atoms with Crippen LogP contribution in [-0.4, -0.2) is 13.1 Å². The maximum Gasteiger partial charge on any atom is 0.00461 e. The van der Waals surface area contributed by atoms with Crippen molar-refractivity contribution in [2.24, 2.45) is 11.5 Å². The number of hydrogen-bond donors (Lipinski definition) is 2. The highest BCUT2D eigenvalue weighted by Crippen LogP contribution is 2.03. The molecule has 12 heavy (non-hydrogen) atoms. The second-order valence-corrected chi connectivity index (χ2v) is 2.99. The normalized spacial score (nSPS) is 9.00. The Kier molecular flexibility index (Phi) is 20.6. The maximum atomic E-state index is 4.90. The van der Waals surface area contributed by atoms with Crippen molar-refractivity contribution in [1.29, 1.82) is 0 Å². The van der Waals surface area contributed by atoms with E-state index in [1.54, 1.807) is 0 Å². The predicted octanol–water partition coefficient (Wildman–Crippen LogP) is 2.27. The summed E-state index contributed by atoms with van der Waals surface area (Å²) in [6.45, 7) is 5.71. The van der Waals surface area contributed by atoms with Crippen LogP contribution in [0.25, 0.3) is 0 Å². The van der Waals surface area contributed by atoms with Gasteiger partial charge in [-0.3, -0.25) is 0 Å². The van der Waals surface area contributed by atoms with Gasteiger partial charge in [-0.1, -0.05) is 52.4 Å². The van der Waals surface area contributed by atoms with Crippen LogP contribution < -0.4 is 11.5 Å². The van der Waals surface area contributed by atoms with E-state index in [2.05, 4.69) is 13.8 Å². The molecule has 2 nitrogen and oxygen atoms in total. The van der Waals surface area contributed by atoms with Gasteiger partial charge in [0.05, 0.1) is 0 Å². The van der Waals surface area contributed by atoms with Crippen molar-refractivity contribution in [2.75, 3.05) is 13.1 Å². The van der Waals surface area contributed by atoms with Gasteiger partial charge in [-0.25, -0.2) is 0 Å². The number of unbranched alkanes of at least 4 members (excludes halogenated alkanes) is 5. The van der Waals surface area contributed by atoms with Gasteiger partial charge < -0.3 is 11.5 Å². The summed E-state index contributed by atoms with van der Waals surface area (Å²) in [6.07, 6.45) is 8.49. The Labute approximate surface area is 77.7 Å². The van der Waals surface area contributed by atoms with E-state index in [9.17, 15) is 0 Å². The van der Waals surface area contributed by atoms with Gasteiger partial charge in [0, 0.05) is 13.1 Å². The van der Waals surface area contributed by atoms with Crippen molar-refractivity contribution in [2.45, 2.75) is 52.4 Å². The van der Waals surface area contributed by atoms with Crippen LogP contribution in [-0.2, 0) is 0 Å². The van der Waals surface area contributed by atoms with Gasteiger partial charge in [0.25, 0.3) is 0 Å². The second kappa shape index (κ2) is 17.1. The van der Waals surface area contributed by atoms with Crippen molar-refractivity contribution >= 4 is 0 Å². The van der Waals surface area contributed by atoms with Crippen LogP contribution in [0, 0.1) is 0 Å². The maximum absolute atomic E-state index is 4.90. The van der Waals surface area contributed by atoms with Crippen LogP contribution in [0.1, 0.15) is 52.4 Å². The van der Waals surface area contributed by atoms with Gasteiger partial charge in [-0.05, 0) is 0 Å². The molecule has 0 radical (unpaired) electrons. The zero-order valence-electron chi connectivity index (χ0n) is 8.81. The molecule has 2 heteroatoms. The van der Waals surface area contributed by atoms with Crippen molar-refractivity contribution in [1.82, 2.24) is 0 Å². The largest absolute Gasteiger partial charge is 0.329 e. The van der Waals surface area contributed by atoms with E-state index in [0.717, 1.165) is 0 Å². The average molecular weight is 174 g/mol. The Morgan fingerprint density at radius 2 is 1.00 bits per heavy atom. The highest BCUT2D eigenvalue weighted by Gasteiger charge is 1.83. The lowest BCUT2D eigenvalue weighted by atomic mass is 10.1. The summed E-state index contributed by atoms with van der Waals surface area (Å²) in [5.41, 5.74) is 9.81. The molecule has 0 saturated heterocycles. The molecule has 76 valence electrons. The molecular weight excluding hydrogens is 148 g/mol. The lowest BCUT2D eigenvalue weighted by Gasteiger charge is -1.93. The van der Waals surface area contributed by atoms with Crippen molar-refractivity contribution in [3.63, 3.8) is 0 Å². The molecule has 0 amide bonds. The van der Waals surface area contributed by atoms with E-state index < -0.39 is 0 Å². The Morgan fingerprint density at radius 1 is 0.667 bits per heavy atom. The smallest absolute Gasteiger partial charge is 0.00461 e. The third-order valence-electron chi connectivity index (χ3n) is 1.62. The fraction of sp³-hybridized carbons (Fsp3) is 1.00. The third-order valence-corrected chi connectivity index (χ3v) is 1.62. The number of rotatable bonds is 6. The molecule has 4 N–H and O–H groups in total. The van der Waals surface area contributed by atoms with Crippen LogP contribution >= 0.6 is 0 Å². The lowest BCUT2D eigenvalue weighted by molar-refractivity contribution is 0.624. The minimum Gasteiger partial charge on any atom is -0.329 e. The first-order chi connectivity index (χ1) is 5.83. The van der Waals surface area contributed by atoms with Gasteiger partial charge in [-0.2, -0.15) is 0 Å². The topological polar surface area (TPSA) is 52.0 Å². The summed E-state index contributed by atoms with van der Waals surface area (Å²) in [5, 5.41) is 0. The number of nitrogens with two attached hydrogens (primary N) is 2. The SMILES string of the molecule is CCCCCCCC.NCCN. The van der Waals surface area contributed by atoms with Crippen LogP contribution in [0.2, 0.25) is 0 Å². The number of hydrogen-bond acceptors (Lipinski definition) is 2. The summed E-state index contributed by atoms with van der Waals surface area (Å²) >= 11 is 0. The van der Waals surface area contributed by atoms with Crippen molar-refractivity contribution < 1.29 is 0 Å². The van der Waals surface area contributed by atoms with Crippen LogP contribution in [0.3, 0.4) is 0 Å². The Morgan fingerprint density at radius 3 is 1.17 bits per heavy atom.